The van der Waals surface area contributed by atoms with Crippen molar-refractivity contribution in [3.63, 3.8) is 0 Å². The van der Waals surface area contributed by atoms with E-state index in [9.17, 15) is 12.8 Å². The van der Waals surface area contributed by atoms with Gasteiger partial charge in [-0.05, 0) is 49.6 Å². The minimum atomic E-state index is -3.40. The van der Waals surface area contributed by atoms with Crippen molar-refractivity contribution in [3.05, 3.63) is 66.1 Å². The van der Waals surface area contributed by atoms with E-state index in [1.165, 1.54) is 12.3 Å². The Bertz CT molecular complexity index is 1570. The molecule has 2 aromatic carbocycles. The zero-order valence-electron chi connectivity index (χ0n) is 21.7. The van der Waals surface area contributed by atoms with Crippen molar-refractivity contribution in [1.82, 2.24) is 20.4 Å². The molecule has 4 aromatic rings. The summed E-state index contributed by atoms with van der Waals surface area (Å²) in [6.07, 6.45) is 2.97. The Balaban J connectivity index is 1.36. The number of halogens is 1. The second kappa shape index (κ2) is 11.2. The molecular weight excluding hydrogens is 521 g/mol. The molecule has 1 saturated heterocycles. The number of hydrogen-bond donors (Lipinski definition) is 2. The molecule has 1 unspecified atom stereocenters. The molecule has 3 heterocycles. The van der Waals surface area contributed by atoms with Gasteiger partial charge in [-0.25, -0.2) is 22.8 Å². The largest absolute Gasteiger partial charge is 0.382 e. The van der Waals surface area contributed by atoms with Crippen molar-refractivity contribution in [3.8, 4) is 34.0 Å². The smallest absolute Gasteiger partial charge is 0.189 e. The summed E-state index contributed by atoms with van der Waals surface area (Å²) in [5, 5.41) is 6.92. The lowest BCUT2D eigenvalue weighted by atomic mass is 10.1. The van der Waals surface area contributed by atoms with Crippen LogP contribution in [0.15, 0.2) is 64.1 Å². The van der Waals surface area contributed by atoms with Gasteiger partial charge in [0.15, 0.2) is 27.1 Å². The number of aromatic nitrogens is 3. The highest BCUT2D eigenvalue weighted by Gasteiger charge is 2.22. The summed E-state index contributed by atoms with van der Waals surface area (Å²) in [4.78, 5) is 9.06. The van der Waals surface area contributed by atoms with Crippen LogP contribution in [0.2, 0.25) is 0 Å². The molecule has 9 nitrogen and oxygen atoms in total. The van der Waals surface area contributed by atoms with Crippen LogP contribution in [0.4, 0.5) is 10.2 Å². The fourth-order valence-corrected chi connectivity index (χ4v) is 5.75. The molecule has 3 N–H and O–H groups in total. The lowest BCUT2D eigenvalue weighted by Crippen LogP contribution is -2.28. The van der Waals surface area contributed by atoms with E-state index in [1.807, 2.05) is 13.0 Å². The number of sulfone groups is 1. The summed E-state index contributed by atoms with van der Waals surface area (Å²) in [5.74, 6) is -0.0635. The van der Waals surface area contributed by atoms with Crippen LogP contribution in [0.3, 0.4) is 0 Å². The molecule has 2 aromatic heterocycles. The van der Waals surface area contributed by atoms with Crippen LogP contribution in [0, 0.1) is 5.82 Å². The minimum absolute atomic E-state index is 0.121. The number of rotatable bonds is 9. The summed E-state index contributed by atoms with van der Waals surface area (Å²) in [6, 6.07) is 13.3. The molecule has 1 fully saturated rings. The molecule has 1 aliphatic heterocycles. The second-order valence-corrected chi connectivity index (χ2v) is 12.0. The van der Waals surface area contributed by atoms with Gasteiger partial charge in [-0.1, -0.05) is 30.3 Å². The van der Waals surface area contributed by atoms with Crippen molar-refractivity contribution in [2.24, 2.45) is 0 Å². The number of nitrogen functional groups attached to an aromatic ring is 1. The Morgan fingerprint density at radius 3 is 2.64 bits per heavy atom. The van der Waals surface area contributed by atoms with Gasteiger partial charge < -0.3 is 20.3 Å². The zero-order chi connectivity index (χ0) is 27.6. The van der Waals surface area contributed by atoms with Crippen molar-refractivity contribution in [1.29, 1.82) is 0 Å². The van der Waals surface area contributed by atoms with Gasteiger partial charge in [-0.3, -0.25) is 0 Å². The summed E-state index contributed by atoms with van der Waals surface area (Å²) < 4.78 is 51.1. The van der Waals surface area contributed by atoms with E-state index in [2.05, 4.69) is 20.4 Å². The van der Waals surface area contributed by atoms with Gasteiger partial charge in [-0.15, -0.1) is 0 Å². The third-order valence-electron chi connectivity index (χ3n) is 6.96. The molecule has 204 valence electrons. The van der Waals surface area contributed by atoms with E-state index in [-0.39, 0.29) is 28.2 Å². The fraction of sp³-hybridized carbons (Fsp3) is 0.321. The number of nitrogens with zero attached hydrogens (tertiary/aromatic N) is 3. The number of ether oxygens (including phenoxy) is 1. The molecular formula is C28H30FN5O4S. The first-order valence-corrected chi connectivity index (χ1v) is 14.3. The van der Waals surface area contributed by atoms with Crippen LogP contribution in [0.1, 0.15) is 32.3 Å². The highest BCUT2D eigenvalue weighted by atomic mass is 32.2. The maximum Gasteiger partial charge on any atom is 0.189 e. The molecule has 0 aliphatic carbocycles. The van der Waals surface area contributed by atoms with Crippen LogP contribution < -0.4 is 11.1 Å². The molecule has 11 heteroatoms. The van der Waals surface area contributed by atoms with Crippen molar-refractivity contribution < 1.29 is 22.1 Å². The van der Waals surface area contributed by atoms with Gasteiger partial charge in [0.25, 0.3) is 0 Å². The summed E-state index contributed by atoms with van der Waals surface area (Å²) >= 11 is 0. The van der Waals surface area contributed by atoms with E-state index in [0.717, 1.165) is 18.6 Å². The lowest BCUT2D eigenvalue weighted by molar-refractivity contribution is 0.190. The van der Waals surface area contributed by atoms with Crippen molar-refractivity contribution in [2.75, 3.05) is 18.9 Å². The predicted octanol–water partition coefficient (Wildman–Crippen LogP) is 4.64. The molecule has 39 heavy (non-hydrogen) atoms. The molecule has 0 saturated carbocycles. The maximum absolute atomic E-state index is 15.0. The number of hydrogen-bond acceptors (Lipinski definition) is 9. The molecule has 0 bridgehead atoms. The Morgan fingerprint density at radius 1 is 1.15 bits per heavy atom. The molecule has 5 rings (SSSR count). The minimum Gasteiger partial charge on any atom is -0.382 e. The van der Waals surface area contributed by atoms with Gasteiger partial charge in [0.1, 0.15) is 11.5 Å². The molecule has 0 amide bonds. The van der Waals surface area contributed by atoms with Crippen LogP contribution in [-0.2, 0) is 21.1 Å². The van der Waals surface area contributed by atoms with Crippen LogP contribution in [0.25, 0.3) is 34.0 Å². The van der Waals surface area contributed by atoms with E-state index in [0.29, 0.717) is 42.1 Å². The van der Waals surface area contributed by atoms with Crippen LogP contribution in [-0.4, -0.2) is 48.0 Å². The molecule has 2 atom stereocenters. The van der Waals surface area contributed by atoms with E-state index >= 15 is 0 Å². The standard InChI is InChI=1S/C28H30FN5O4S/c1-3-17(2)39(35,36)21-7-5-19(6-8-21)25-15-32-28(30)27(33-25)26-13-24(34-38-26)22-9-4-18(12-23(22)29)14-31-20-10-11-37-16-20/h4-9,12-13,15,17,20,31H,3,10-11,14,16H2,1-2H3,(H2,30,32)/t17?,20-/m1/s1. The van der Waals surface area contributed by atoms with E-state index < -0.39 is 20.9 Å². The van der Waals surface area contributed by atoms with Crippen molar-refractivity contribution >= 4 is 15.7 Å². The first-order valence-electron chi connectivity index (χ1n) is 12.8. The zero-order valence-corrected chi connectivity index (χ0v) is 22.5. The topological polar surface area (TPSA) is 133 Å². The quantitative estimate of drug-likeness (QED) is 0.305. The predicted molar refractivity (Wildman–Crippen MR) is 146 cm³/mol. The lowest BCUT2D eigenvalue weighted by Gasteiger charge is -2.11. The molecule has 0 spiro atoms. The first-order chi connectivity index (χ1) is 18.8. The maximum atomic E-state index is 15.0. The first kappa shape index (κ1) is 26.9. The van der Waals surface area contributed by atoms with Gasteiger partial charge in [0.2, 0.25) is 0 Å². The average molecular weight is 552 g/mol. The fourth-order valence-electron chi connectivity index (χ4n) is 4.33. The van der Waals surface area contributed by atoms with Crippen LogP contribution >= 0.6 is 0 Å². The highest BCUT2D eigenvalue weighted by molar-refractivity contribution is 7.92. The molecule has 1 aliphatic rings. The summed E-state index contributed by atoms with van der Waals surface area (Å²) in [6.45, 7) is 5.48. The highest BCUT2D eigenvalue weighted by Crippen LogP contribution is 2.31. The van der Waals surface area contributed by atoms with Gasteiger partial charge in [0.05, 0.1) is 28.6 Å². The average Bonchev–Trinajstić information content (AvgIpc) is 3.65. The molecule has 0 radical (unpaired) electrons. The Labute approximate surface area is 226 Å². The monoisotopic (exact) mass is 551 g/mol. The normalized spacial score (nSPS) is 16.4. The number of anilines is 1. The van der Waals surface area contributed by atoms with E-state index in [1.54, 1.807) is 43.3 Å². The number of nitrogens with two attached hydrogens (primary N) is 1. The SMILES string of the molecule is CCC(C)S(=O)(=O)c1ccc(-c2cnc(N)c(-c3cc(-c4ccc(CN[C@@H]5CCOC5)cc4F)no3)n2)cc1. The third-order valence-corrected chi connectivity index (χ3v) is 9.28. The third kappa shape index (κ3) is 5.70. The summed E-state index contributed by atoms with van der Waals surface area (Å²) in [7, 11) is -3.40. The second-order valence-electron chi connectivity index (χ2n) is 9.61. The van der Waals surface area contributed by atoms with Gasteiger partial charge in [-0.2, -0.15) is 0 Å². The van der Waals surface area contributed by atoms with E-state index in [4.69, 9.17) is 15.0 Å². The van der Waals surface area contributed by atoms with Crippen molar-refractivity contribution in [2.45, 2.75) is 49.4 Å². The summed E-state index contributed by atoms with van der Waals surface area (Å²) in [5.41, 5.74) is 8.88. The Morgan fingerprint density at radius 2 is 1.95 bits per heavy atom. The van der Waals surface area contributed by atoms with Gasteiger partial charge >= 0.3 is 0 Å². The van der Waals surface area contributed by atoms with Gasteiger partial charge in [0, 0.05) is 36.4 Å². The number of nitrogens with one attached hydrogen (secondary N) is 1. The number of benzene rings is 2. The van der Waals surface area contributed by atoms with Crippen LogP contribution in [0.5, 0.6) is 0 Å². The Hall–Kier alpha value is -3.67. The Kier molecular flexibility index (Phi) is 7.74.